The molecule has 2 heterocycles. The maximum atomic E-state index is 12.4. The van der Waals surface area contributed by atoms with Gasteiger partial charge in [-0.25, -0.2) is 13.2 Å². The highest BCUT2D eigenvalue weighted by molar-refractivity contribution is 7.90. The fraction of sp³-hybridized carbons (Fsp3) is 0.111. The minimum atomic E-state index is -3.58. The molecule has 0 unspecified atom stereocenters. The van der Waals surface area contributed by atoms with Gasteiger partial charge in [-0.3, -0.25) is 4.79 Å². The van der Waals surface area contributed by atoms with Crippen LogP contribution in [0.3, 0.4) is 0 Å². The number of benzene rings is 1. The highest BCUT2D eigenvalue weighted by Crippen LogP contribution is 2.25. The predicted octanol–water partition coefficient (Wildman–Crippen LogP) is 3.35. The number of nitrogens with one attached hydrogen (secondary N) is 1. The molecule has 7 nitrogen and oxygen atoms in total. The van der Waals surface area contributed by atoms with Crippen LogP contribution in [-0.4, -0.2) is 27.4 Å². The molecule has 1 aromatic carbocycles. The van der Waals surface area contributed by atoms with E-state index in [4.69, 9.17) is 4.42 Å². The van der Waals surface area contributed by atoms with Crippen LogP contribution >= 0.6 is 11.3 Å². The Kier molecular flexibility index (Phi) is 5.43. The molecule has 0 radical (unpaired) electrons. The van der Waals surface area contributed by atoms with E-state index in [1.807, 2.05) is 0 Å². The third kappa shape index (κ3) is 4.26. The van der Waals surface area contributed by atoms with Crippen molar-refractivity contribution in [2.75, 3.05) is 12.4 Å². The van der Waals surface area contributed by atoms with Crippen molar-refractivity contribution < 1.29 is 27.2 Å². The van der Waals surface area contributed by atoms with Gasteiger partial charge in [-0.15, -0.1) is 11.3 Å². The highest BCUT2D eigenvalue weighted by atomic mass is 32.2. The maximum Gasteiger partial charge on any atom is 0.340 e. The van der Waals surface area contributed by atoms with Gasteiger partial charge in [0.15, 0.2) is 15.6 Å². The summed E-state index contributed by atoms with van der Waals surface area (Å²) in [6, 6.07) is 12.3. The number of furan rings is 1. The molecule has 0 saturated heterocycles. The number of anilines is 1. The zero-order valence-corrected chi connectivity index (χ0v) is 15.8. The summed E-state index contributed by atoms with van der Waals surface area (Å²) in [6.07, 6.45) is 0. The van der Waals surface area contributed by atoms with E-state index >= 15 is 0 Å². The monoisotopic (exact) mass is 405 g/mol. The van der Waals surface area contributed by atoms with E-state index in [0.717, 1.165) is 11.3 Å². The van der Waals surface area contributed by atoms with E-state index in [-0.39, 0.29) is 27.7 Å². The first kappa shape index (κ1) is 18.9. The largest absolute Gasteiger partial charge is 0.465 e. The Morgan fingerprint density at radius 3 is 2.56 bits per heavy atom. The van der Waals surface area contributed by atoms with Crippen molar-refractivity contribution in [3.05, 3.63) is 71.0 Å². The second-order valence-corrected chi connectivity index (χ2v) is 8.35. The van der Waals surface area contributed by atoms with Crippen LogP contribution in [0.4, 0.5) is 5.00 Å². The number of amides is 1. The Bertz CT molecular complexity index is 1070. The number of esters is 1. The van der Waals surface area contributed by atoms with E-state index in [9.17, 15) is 18.0 Å². The number of carbonyl (C=O) groups is 2. The summed E-state index contributed by atoms with van der Waals surface area (Å²) in [5.74, 6) is -1.44. The topological polar surface area (TPSA) is 103 Å². The summed E-state index contributed by atoms with van der Waals surface area (Å²) in [5.41, 5.74) is 0.231. The Labute approximate surface area is 159 Å². The van der Waals surface area contributed by atoms with Gasteiger partial charge in [0.2, 0.25) is 0 Å². The van der Waals surface area contributed by atoms with Crippen LogP contribution in [0, 0.1) is 0 Å². The number of carbonyl (C=O) groups excluding carboxylic acids is 2. The summed E-state index contributed by atoms with van der Waals surface area (Å²) in [5, 5.41) is 4.53. The molecular formula is C18H15NO6S2. The summed E-state index contributed by atoms with van der Waals surface area (Å²) in [4.78, 5) is 24.2. The SMILES string of the molecule is COC(=O)c1ccsc1NC(=O)c1ccc(CS(=O)(=O)c2ccccc2)o1. The minimum Gasteiger partial charge on any atom is -0.465 e. The average Bonchev–Trinajstić information content (AvgIpc) is 3.31. The van der Waals surface area contributed by atoms with Crippen LogP contribution in [0.2, 0.25) is 0 Å². The van der Waals surface area contributed by atoms with Gasteiger partial charge in [0.1, 0.15) is 16.5 Å². The third-order valence-corrected chi connectivity index (χ3v) is 6.10. The third-order valence-electron chi connectivity index (χ3n) is 3.62. The number of sulfone groups is 1. The van der Waals surface area contributed by atoms with Crippen molar-refractivity contribution in [1.29, 1.82) is 0 Å². The lowest BCUT2D eigenvalue weighted by Gasteiger charge is -2.04. The van der Waals surface area contributed by atoms with Gasteiger partial charge in [0.05, 0.1) is 17.6 Å². The molecule has 9 heteroatoms. The number of methoxy groups -OCH3 is 1. The van der Waals surface area contributed by atoms with Gasteiger partial charge < -0.3 is 14.5 Å². The molecule has 27 heavy (non-hydrogen) atoms. The molecule has 0 aliphatic heterocycles. The van der Waals surface area contributed by atoms with Crippen LogP contribution in [0.5, 0.6) is 0 Å². The molecule has 0 fully saturated rings. The fourth-order valence-electron chi connectivity index (χ4n) is 2.32. The van der Waals surface area contributed by atoms with Crippen molar-refractivity contribution in [3.63, 3.8) is 0 Å². The maximum absolute atomic E-state index is 12.4. The molecule has 2 aromatic heterocycles. The zero-order chi connectivity index (χ0) is 19.4. The van der Waals surface area contributed by atoms with Crippen LogP contribution in [0.1, 0.15) is 26.7 Å². The van der Waals surface area contributed by atoms with Crippen LogP contribution in [0.25, 0.3) is 0 Å². The van der Waals surface area contributed by atoms with E-state index in [1.54, 1.807) is 23.6 Å². The Morgan fingerprint density at radius 2 is 1.85 bits per heavy atom. The summed E-state index contributed by atoms with van der Waals surface area (Å²) >= 11 is 1.16. The van der Waals surface area contributed by atoms with Gasteiger partial charge in [-0.05, 0) is 35.7 Å². The van der Waals surface area contributed by atoms with Crippen LogP contribution in [-0.2, 0) is 20.3 Å². The standard InChI is InChI=1S/C18H15NO6S2/c1-24-18(21)14-9-10-26-17(14)19-16(20)15-8-7-12(25-15)11-27(22,23)13-5-3-2-4-6-13/h2-10H,11H2,1H3,(H,19,20). The first-order valence-electron chi connectivity index (χ1n) is 7.74. The van der Waals surface area contributed by atoms with Crippen molar-refractivity contribution in [2.45, 2.75) is 10.6 Å². The Balaban J connectivity index is 1.73. The Hall–Kier alpha value is -2.91. The average molecular weight is 405 g/mol. The van der Waals surface area contributed by atoms with E-state index in [0.29, 0.717) is 5.00 Å². The van der Waals surface area contributed by atoms with E-state index < -0.39 is 21.7 Å². The highest BCUT2D eigenvalue weighted by Gasteiger charge is 2.21. The van der Waals surface area contributed by atoms with Gasteiger partial charge in [-0.2, -0.15) is 0 Å². The number of rotatable bonds is 6. The molecule has 1 N–H and O–H groups in total. The van der Waals surface area contributed by atoms with Crippen molar-refractivity contribution in [2.24, 2.45) is 0 Å². The van der Waals surface area contributed by atoms with Crippen LogP contribution in [0.15, 0.2) is 63.2 Å². The van der Waals surface area contributed by atoms with Gasteiger partial charge in [0.25, 0.3) is 5.91 Å². The molecule has 3 rings (SSSR count). The normalized spacial score (nSPS) is 11.1. The van der Waals surface area contributed by atoms with Crippen molar-refractivity contribution >= 4 is 38.1 Å². The quantitative estimate of drug-likeness (QED) is 0.631. The van der Waals surface area contributed by atoms with Gasteiger partial charge in [-0.1, -0.05) is 18.2 Å². The van der Waals surface area contributed by atoms with E-state index in [2.05, 4.69) is 10.1 Å². The molecule has 0 aliphatic carbocycles. The van der Waals surface area contributed by atoms with Crippen molar-refractivity contribution in [1.82, 2.24) is 0 Å². The number of hydrogen-bond donors (Lipinski definition) is 1. The molecule has 0 bridgehead atoms. The van der Waals surface area contributed by atoms with Gasteiger partial charge >= 0.3 is 5.97 Å². The van der Waals surface area contributed by atoms with Crippen LogP contribution < -0.4 is 5.32 Å². The second kappa shape index (κ2) is 7.77. The Morgan fingerprint density at radius 1 is 1.11 bits per heavy atom. The van der Waals surface area contributed by atoms with E-state index in [1.165, 1.54) is 37.4 Å². The second-order valence-electron chi connectivity index (χ2n) is 5.45. The lowest BCUT2D eigenvalue weighted by molar-refractivity contribution is 0.0602. The number of thiophene rings is 1. The molecule has 140 valence electrons. The predicted molar refractivity (Wildman–Crippen MR) is 99.7 cm³/mol. The number of ether oxygens (including phenoxy) is 1. The van der Waals surface area contributed by atoms with Gasteiger partial charge in [0, 0.05) is 0 Å². The molecule has 0 aliphatic rings. The lowest BCUT2D eigenvalue weighted by atomic mass is 10.3. The van der Waals surface area contributed by atoms with Crippen molar-refractivity contribution in [3.8, 4) is 0 Å². The summed E-state index contributed by atoms with van der Waals surface area (Å²) < 4.78 is 34.8. The lowest BCUT2D eigenvalue weighted by Crippen LogP contribution is -2.13. The minimum absolute atomic E-state index is 0.0579. The fourth-order valence-corrected chi connectivity index (χ4v) is 4.36. The molecule has 0 spiro atoms. The first-order valence-corrected chi connectivity index (χ1v) is 10.3. The molecule has 0 atom stereocenters. The summed E-state index contributed by atoms with van der Waals surface area (Å²) in [6.45, 7) is 0. The molecule has 1 amide bonds. The zero-order valence-electron chi connectivity index (χ0n) is 14.2. The number of hydrogen-bond acceptors (Lipinski definition) is 7. The molecule has 0 saturated carbocycles. The smallest absolute Gasteiger partial charge is 0.340 e. The first-order chi connectivity index (χ1) is 12.9. The molecular weight excluding hydrogens is 390 g/mol. The molecule has 3 aromatic rings. The summed E-state index contributed by atoms with van der Waals surface area (Å²) in [7, 11) is -2.33.